The molecule has 6 nitrogen and oxygen atoms in total. The molecule has 0 bridgehead atoms. The van der Waals surface area contributed by atoms with Gasteiger partial charge in [0.05, 0.1) is 22.7 Å². The SMILES string of the molecule is CCN(C)c1cc(COC(=O)c2cccc3[nH]c(C)nc23)ccc1-c1ccccc1C#N. The number of hydrogen-bond donors (Lipinski definition) is 1. The molecule has 1 aromatic heterocycles. The number of rotatable bonds is 6. The van der Waals surface area contributed by atoms with Gasteiger partial charge in [0.25, 0.3) is 0 Å². The van der Waals surface area contributed by atoms with Gasteiger partial charge >= 0.3 is 5.97 Å². The van der Waals surface area contributed by atoms with E-state index in [1.54, 1.807) is 6.07 Å². The van der Waals surface area contributed by atoms with E-state index in [1.807, 2.05) is 68.6 Å². The van der Waals surface area contributed by atoms with Gasteiger partial charge in [-0.1, -0.05) is 36.4 Å². The zero-order valence-corrected chi connectivity index (χ0v) is 18.3. The zero-order chi connectivity index (χ0) is 22.7. The first-order valence-electron chi connectivity index (χ1n) is 10.5. The Morgan fingerprint density at radius 1 is 1.12 bits per heavy atom. The number of fused-ring (bicyclic) bond motifs is 1. The predicted molar refractivity (Wildman–Crippen MR) is 125 cm³/mol. The summed E-state index contributed by atoms with van der Waals surface area (Å²) in [5.74, 6) is 0.340. The van der Waals surface area contributed by atoms with Crippen LogP contribution in [0, 0.1) is 18.3 Å². The third-order valence-corrected chi connectivity index (χ3v) is 5.51. The average Bonchev–Trinajstić information content (AvgIpc) is 3.22. The minimum absolute atomic E-state index is 0.142. The summed E-state index contributed by atoms with van der Waals surface area (Å²) in [5.41, 5.74) is 6.20. The maximum atomic E-state index is 12.8. The van der Waals surface area contributed by atoms with Crippen LogP contribution in [0.15, 0.2) is 60.7 Å². The molecule has 0 amide bonds. The van der Waals surface area contributed by atoms with Crippen LogP contribution < -0.4 is 4.90 Å². The van der Waals surface area contributed by atoms with E-state index < -0.39 is 5.97 Å². The highest BCUT2D eigenvalue weighted by Crippen LogP contribution is 2.33. The van der Waals surface area contributed by atoms with Crippen molar-refractivity contribution in [2.75, 3.05) is 18.5 Å². The molecule has 4 rings (SSSR count). The number of anilines is 1. The van der Waals surface area contributed by atoms with E-state index in [2.05, 4.69) is 27.9 Å². The van der Waals surface area contributed by atoms with E-state index in [0.29, 0.717) is 16.6 Å². The fourth-order valence-electron chi connectivity index (χ4n) is 3.74. The topological polar surface area (TPSA) is 82.0 Å². The number of carbonyl (C=O) groups is 1. The molecule has 1 N–H and O–H groups in total. The van der Waals surface area contributed by atoms with E-state index in [9.17, 15) is 10.1 Å². The molecule has 0 saturated carbocycles. The lowest BCUT2D eigenvalue weighted by Crippen LogP contribution is -2.17. The summed E-state index contributed by atoms with van der Waals surface area (Å²) in [4.78, 5) is 22.4. The second-order valence-corrected chi connectivity index (χ2v) is 7.62. The van der Waals surface area contributed by atoms with E-state index in [4.69, 9.17) is 4.74 Å². The Morgan fingerprint density at radius 3 is 2.72 bits per heavy atom. The number of carbonyl (C=O) groups excluding carboxylic acids is 1. The van der Waals surface area contributed by atoms with Crippen molar-refractivity contribution in [3.63, 3.8) is 0 Å². The fourth-order valence-corrected chi connectivity index (χ4v) is 3.74. The van der Waals surface area contributed by atoms with Crippen molar-refractivity contribution >= 4 is 22.7 Å². The number of nitrogens with one attached hydrogen (secondary N) is 1. The zero-order valence-electron chi connectivity index (χ0n) is 18.3. The van der Waals surface area contributed by atoms with Crippen LogP contribution in [-0.4, -0.2) is 29.5 Å². The van der Waals surface area contributed by atoms with Crippen LogP contribution in [0.2, 0.25) is 0 Å². The maximum Gasteiger partial charge on any atom is 0.340 e. The number of H-pyrrole nitrogens is 1. The molecule has 0 aliphatic carbocycles. The normalized spacial score (nSPS) is 10.7. The quantitative estimate of drug-likeness (QED) is 0.429. The molecule has 0 atom stereocenters. The Labute approximate surface area is 187 Å². The van der Waals surface area contributed by atoms with Crippen LogP contribution in [0.5, 0.6) is 0 Å². The van der Waals surface area contributed by atoms with Gasteiger partial charge in [-0.3, -0.25) is 0 Å². The third kappa shape index (κ3) is 4.06. The molecule has 0 spiro atoms. The molecule has 160 valence electrons. The van der Waals surface area contributed by atoms with Crippen molar-refractivity contribution < 1.29 is 9.53 Å². The lowest BCUT2D eigenvalue weighted by Gasteiger charge is -2.22. The first-order valence-corrected chi connectivity index (χ1v) is 10.5. The third-order valence-electron chi connectivity index (χ3n) is 5.51. The monoisotopic (exact) mass is 424 g/mol. The summed E-state index contributed by atoms with van der Waals surface area (Å²) in [6, 6.07) is 21.2. The van der Waals surface area contributed by atoms with Gasteiger partial charge in [0.2, 0.25) is 0 Å². The molecular weight excluding hydrogens is 400 g/mol. The van der Waals surface area contributed by atoms with Crippen molar-refractivity contribution in [2.24, 2.45) is 0 Å². The van der Waals surface area contributed by atoms with Crippen molar-refractivity contribution in [1.82, 2.24) is 9.97 Å². The van der Waals surface area contributed by atoms with E-state index in [1.165, 1.54) is 0 Å². The molecule has 0 radical (unpaired) electrons. The van der Waals surface area contributed by atoms with E-state index >= 15 is 0 Å². The number of imidazole rings is 1. The summed E-state index contributed by atoms with van der Waals surface area (Å²) < 4.78 is 5.63. The van der Waals surface area contributed by atoms with Gasteiger partial charge in [0, 0.05) is 30.4 Å². The van der Waals surface area contributed by atoms with Gasteiger partial charge in [-0.15, -0.1) is 0 Å². The molecule has 0 unspecified atom stereocenters. The van der Waals surface area contributed by atoms with Gasteiger partial charge in [-0.05, 0) is 43.7 Å². The number of aromatic amines is 1. The molecule has 4 aromatic rings. The molecule has 0 saturated heterocycles. The van der Waals surface area contributed by atoms with Gasteiger partial charge < -0.3 is 14.6 Å². The molecule has 0 fully saturated rings. The van der Waals surface area contributed by atoms with Crippen LogP contribution in [0.3, 0.4) is 0 Å². The van der Waals surface area contributed by atoms with Crippen LogP contribution in [0.25, 0.3) is 22.2 Å². The first kappa shape index (κ1) is 21.1. The molecule has 32 heavy (non-hydrogen) atoms. The highest BCUT2D eigenvalue weighted by atomic mass is 16.5. The highest BCUT2D eigenvalue weighted by molar-refractivity contribution is 6.01. The van der Waals surface area contributed by atoms with Crippen LogP contribution in [0.4, 0.5) is 5.69 Å². The summed E-state index contributed by atoms with van der Waals surface area (Å²) in [5, 5.41) is 9.52. The standard InChI is InChI=1S/C26H24N4O2/c1-4-30(3)24-14-18(12-13-21(24)20-9-6-5-8-19(20)15-27)16-32-26(31)22-10-7-11-23-25(22)29-17(2)28-23/h5-14H,4,16H2,1-3H3,(H,28,29). The molecule has 0 aliphatic rings. The number of esters is 1. The minimum Gasteiger partial charge on any atom is -0.457 e. The minimum atomic E-state index is -0.411. The number of aromatic nitrogens is 2. The summed E-state index contributed by atoms with van der Waals surface area (Å²) in [7, 11) is 2.00. The number of ether oxygens (including phenoxy) is 1. The van der Waals surface area contributed by atoms with Gasteiger partial charge in [-0.2, -0.15) is 5.26 Å². The van der Waals surface area contributed by atoms with Crippen LogP contribution in [0.1, 0.15) is 34.2 Å². The van der Waals surface area contributed by atoms with Crippen molar-refractivity contribution in [2.45, 2.75) is 20.5 Å². The Balaban J connectivity index is 1.62. The average molecular weight is 425 g/mol. The molecule has 6 heteroatoms. The van der Waals surface area contributed by atoms with Gasteiger partial charge in [-0.25, -0.2) is 9.78 Å². The summed E-state index contributed by atoms with van der Waals surface area (Å²) in [6.07, 6.45) is 0. The number of hydrogen-bond acceptors (Lipinski definition) is 5. The Kier molecular flexibility index (Phi) is 5.91. The number of aryl methyl sites for hydroxylation is 1. The molecule has 0 aliphatic heterocycles. The van der Waals surface area contributed by atoms with Crippen LogP contribution >= 0.6 is 0 Å². The highest BCUT2D eigenvalue weighted by Gasteiger charge is 2.16. The Hall–Kier alpha value is -4.11. The number of para-hydroxylation sites is 1. The Bertz CT molecular complexity index is 1330. The second kappa shape index (κ2) is 8.94. The molecule has 3 aromatic carbocycles. The first-order chi connectivity index (χ1) is 15.5. The van der Waals surface area contributed by atoms with Crippen LogP contribution in [-0.2, 0) is 11.3 Å². The van der Waals surface area contributed by atoms with Crippen molar-refractivity contribution in [3.05, 3.63) is 83.2 Å². The second-order valence-electron chi connectivity index (χ2n) is 7.62. The van der Waals surface area contributed by atoms with E-state index in [0.717, 1.165) is 40.3 Å². The van der Waals surface area contributed by atoms with Crippen molar-refractivity contribution in [1.29, 1.82) is 5.26 Å². The number of nitrogens with zero attached hydrogens (tertiary/aromatic N) is 3. The maximum absolute atomic E-state index is 12.8. The van der Waals surface area contributed by atoms with Gasteiger partial charge in [0.1, 0.15) is 17.9 Å². The van der Waals surface area contributed by atoms with Crippen molar-refractivity contribution in [3.8, 4) is 17.2 Å². The lowest BCUT2D eigenvalue weighted by atomic mass is 9.97. The Morgan fingerprint density at radius 2 is 1.94 bits per heavy atom. The molecule has 1 heterocycles. The lowest BCUT2D eigenvalue weighted by molar-refractivity contribution is 0.0475. The fraction of sp³-hybridized carbons (Fsp3) is 0.192. The smallest absolute Gasteiger partial charge is 0.340 e. The summed E-state index contributed by atoms with van der Waals surface area (Å²) >= 11 is 0. The predicted octanol–water partition coefficient (Wildman–Crippen LogP) is 5.22. The molecular formula is C26H24N4O2. The largest absolute Gasteiger partial charge is 0.457 e. The van der Waals surface area contributed by atoms with E-state index in [-0.39, 0.29) is 6.61 Å². The van der Waals surface area contributed by atoms with Gasteiger partial charge in [0.15, 0.2) is 0 Å². The summed E-state index contributed by atoms with van der Waals surface area (Å²) in [6.45, 7) is 4.86. The number of benzene rings is 3. The number of nitriles is 1.